The number of aromatic nitrogens is 2. The van der Waals surface area contributed by atoms with Gasteiger partial charge in [0.05, 0.1) is 30.6 Å². The zero-order chi connectivity index (χ0) is 28.4. The molecule has 39 heavy (non-hydrogen) atoms. The number of hydrogen-bond acceptors (Lipinski definition) is 7. The Morgan fingerprint density at radius 1 is 0.974 bits per heavy atom. The topological polar surface area (TPSA) is 94.9 Å². The highest BCUT2D eigenvalue weighted by atomic mass is 16.6. The molecule has 1 amide bonds. The molecule has 2 aromatic carbocycles. The molecule has 9 heteroatoms. The summed E-state index contributed by atoms with van der Waals surface area (Å²) < 4.78 is 17.9. The Bertz CT molecular complexity index is 1310. The lowest BCUT2D eigenvalue weighted by molar-refractivity contribution is 0.0512. The maximum absolute atomic E-state index is 12.9. The maximum Gasteiger partial charge on any atom is 0.435 e. The minimum Gasteiger partial charge on any atom is -0.444 e. The van der Waals surface area contributed by atoms with Gasteiger partial charge in [0.2, 0.25) is 0 Å². The van der Waals surface area contributed by atoms with Crippen molar-refractivity contribution >= 4 is 28.8 Å². The van der Waals surface area contributed by atoms with Gasteiger partial charge in [0, 0.05) is 30.6 Å². The standard InChI is InChI=1S/C30H40N4O5/c1-20(18-31-27(35)38-29(2,3)4)21-8-10-22(11-9-21)23-12-13-25-24(26(23)33-14-16-37-17-15-33)19-32-34(25)28(36)39-30(5,6)7/h8-13,19-20H,14-18H2,1-7H3,(H,31,35). The molecular weight excluding hydrogens is 496 g/mol. The molecule has 0 bridgehead atoms. The van der Waals surface area contributed by atoms with E-state index < -0.39 is 23.4 Å². The number of hydrogen-bond donors (Lipinski definition) is 1. The van der Waals surface area contributed by atoms with E-state index in [1.165, 1.54) is 4.68 Å². The van der Waals surface area contributed by atoms with Crippen LogP contribution in [-0.2, 0) is 14.2 Å². The number of nitrogens with one attached hydrogen (secondary N) is 1. The molecule has 4 rings (SSSR count). The molecule has 210 valence electrons. The molecule has 0 aliphatic carbocycles. The van der Waals surface area contributed by atoms with Crippen LogP contribution in [0.15, 0.2) is 42.6 Å². The summed E-state index contributed by atoms with van der Waals surface area (Å²) in [5.41, 5.74) is 3.80. The van der Waals surface area contributed by atoms with Crippen LogP contribution in [0.2, 0.25) is 0 Å². The van der Waals surface area contributed by atoms with Crippen molar-refractivity contribution in [3.63, 3.8) is 0 Å². The minimum absolute atomic E-state index is 0.111. The summed E-state index contributed by atoms with van der Waals surface area (Å²) >= 11 is 0. The van der Waals surface area contributed by atoms with Crippen LogP contribution in [0.3, 0.4) is 0 Å². The molecule has 1 unspecified atom stereocenters. The van der Waals surface area contributed by atoms with E-state index in [9.17, 15) is 9.59 Å². The third kappa shape index (κ3) is 7.09. The van der Waals surface area contributed by atoms with E-state index in [0.717, 1.165) is 40.9 Å². The van der Waals surface area contributed by atoms with Gasteiger partial charge in [0.1, 0.15) is 11.2 Å². The second kappa shape index (κ2) is 11.3. The number of ether oxygens (including phenoxy) is 3. The fourth-order valence-electron chi connectivity index (χ4n) is 4.56. The normalized spacial score (nSPS) is 15.2. The highest BCUT2D eigenvalue weighted by molar-refractivity contribution is 6.03. The third-order valence-corrected chi connectivity index (χ3v) is 6.36. The van der Waals surface area contributed by atoms with E-state index in [1.807, 2.05) is 53.7 Å². The zero-order valence-electron chi connectivity index (χ0n) is 24.0. The van der Waals surface area contributed by atoms with Crippen molar-refractivity contribution in [1.29, 1.82) is 0 Å². The Morgan fingerprint density at radius 3 is 2.23 bits per heavy atom. The van der Waals surface area contributed by atoms with Crippen molar-refractivity contribution < 1.29 is 23.8 Å². The van der Waals surface area contributed by atoms with Crippen molar-refractivity contribution in [1.82, 2.24) is 15.1 Å². The average molecular weight is 537 g/mol. The lowest BCUT2D eigenvalue weighted by Crippen LogP contribution is -2.36. The Balaban J connectivity index is 1.62. The summed E-state index contributed by atoms with van der Waals surface area (Å²) in [4.78, 5) is 27.2. The van der Waals surface area contributed by atoms with E-state index in [1.54, 1.807) is 6.20 Å². The molecule has 0 radical (unpaired) electrons. The highest BCUT2D eigenvalue weighted by Crippen LogP contribution is 2.38. The van der Waals surface area contributed by atoms with Gasteiger partial charge in [-0.25, -0.2) is 9.59 Å². The number of anilines is 1. The van der Waals surface area contributed by atoms with E-state index in [2.05, 4.69) is 46.5 Å². The summed E-state index contributed by atoms with van der Waals surface area (Å²) in [6.07, 6.45) is 0.824. The first-order valence-electron chi connectivity index (χ1n) is 13.5. The summed E-state index contributed by atoms with van der Waals surface area (Å²) in [6.45, 7) is 16.4. The van der Waals surface area contributed by atoms with Crippen molar-refractivity contribution in [3.8, 4) is 11.1 Å². The molecule has 1 aliphatic heterocycles. The molecular formula is C30H40N4O5. The molecule has 0 spiro atoms. The third-order valence-electron chi connectivity index (χ3n) is 6.36. The molecule has 3 aromatic rings. The van der Waals surface area contributed by atoms with Gasteiger partial charge in [-0.3, -0.25) is 0 Å². The number of carbonyl (C=O) groups excluding carboxylic acids is 2. The van der Waals surface area contributed by atoms with Crippen molar-refractivity contribution in [2.75, 3.05) is 37.7 Å². The predicted molar refractivity (Wildman–Crippen MR) is 152 cm³/mol. The molecule has 1 N–H and O–H groups in total. The van der Waals surface area contributed by atoms with Gasteiger partial charge in [0.25, 0.3) is 0 Å². The van der Waals surface area contributed by atoms with Crippen LogP contribution in [0, 0.1) is 0 Å². The summed E-state index contributed by atoms with van der Waals surface area (Å²) in [5.74, 6) is 0.111. The average Bonchev–Trinajstić information content (AvgIpc) is 3.30. The van der Waals surface area contributed by atoms with Crippen LogP contribution in [0.25, 0.3) is 22.0 Å². The quantitative estimate of drug-likeness (QED) is 0.430. The fraction of sp³-hybridized carbons (Fsp3) is 0.500. The number of nitrogens with zero attached hydrogens (tertiary/aromatic N) is 3. The number of carbonyl (C=O) groups is 2. The second-order valence-corrected chi connectivity index (χ2v) is 11.9. The van der Waals surface area contributed by atoms with Gasteiger partial charge in [-0.1, -0.05) is 37.3 Å². The number of morpholine rings is 1. The van der Waals surface area contributed by atoms with Gasteiger partial charge in [0.15, 0.2) is 0 Å². The van der Waals surface area contributed by atoms with Gasteiger partial charge < -0.3 is 24.4 Å². The zero-order valence-corrected chi connectivity index (χ0v) is 24.0. The lowest BCUT2D eigenvalue weighted by Gasteiger charge is -2.31. The predicted octanol–water partition coefficient (Wildman–Crippen LogP) is 5.95. The fourth-order valence-corrected chi connectivity index (χ4v) is 4.56. The molecule has 1 saturated heterocycles. The largest absolute Gasteiger partial charge is 0.444 e. The number of rotatable bonds is 5. The van der Waals surface area contributed by atoms with Crippen molar-refractivity contribution in [3.05, 3.63) is 48.2 Å². The SMILES string of the molecule is CC(CNC(=O)OC(C)(C)C)c1ccc(-c2ccc3c(cnn3C(=O)OC(C)(C)C)c2N2CCOCC2)cc1. The van der Waals surface area contributed by atoms with Gasteiger partial charge in [-0.05, 0) is 64.7 Å². The first-order valence-corrected chi connectivity index (χ1v) is 13.5. The second-order valence-electron chi connectivity index (χ2n) is 11.9. The minimum atomic E-state index is -0.621. The summed E-state index contributed by atoms with van der Waals surface area (Å²) in [5, 5.41) is 8.15. The van der Waals surface area contributed by atoms with Crippen molar-refractivity contribution in [2.45, 2.75) is 65.6 Å². The van der Waals surface area contributed by atoms with E-state index >= 15 is 0 Å². The van der Waals surface area contributed by atoms with E-state index in [0.29, 0.717) is 25.3 Å². The van der Waals surface area contributed by atoms with Gasteiger partial charge in [-0.2, -0.15) is 9.78 Å². The number of fused-ring (bicyclic) bond motifs is 1. The molecule has 2 heterocycles. The summed E-state index contributed by atoms with van der Waals surface area (Å²) in [6, 6.07) is 12.3. The van der Waals surface area contributed by atoms with Gasteiger partial charge >= 0.3 is 12.2 Å². The maximum atomic E-state index is 12.9. The van der Waals surface area contributed by atoms with Crippen LogP contribution in [0.1, 0.15) is 59.9 Å². The molecule has 1 aromatic heterocycles. The van der Waals surface area contributed by atoms with Crippen LogP contribution >= 0.6 is 0 Å². The molecule has 9 nitrogen and oxygen atoms in total. The first-order chi connectivity index (χ1) is 18.3. The Hall–Kier alpha value is -3.59. The van der Waals surface area contributed by atoms with Crippen LogP contribution in [0.5, 0.6) is 0 Å². The van der Waals surface area contributed by atoms with Crippen LogP contribution < -0.4 is 10.2 Å². The Morgan fingerprint density at radius 2 is 1.62 bits per heavy atom. The highest BCUT2D eigenvalue weighted by Gasteiger charge is 2.25. The van der Waals surface area contributed by atoms with Gasteiger partial charge in [-0.15, -0.1) is 0 Å². The van der Waals surface area contributed by atoms with Crippen LogP contribution in [0.4, 0.5) is 15.3 Å². The summed E-state index contributed by atoms with van der Waals surface area (Å²) in [7, 11) is 0. The Kier molecular flexibility index (Phi) is 8.20. The van der Waals surface area contributed by atoms with E-state index in [-0.39, 0.29) is 5.92 Å². The number of benzene rings is 2. The first kappa shape index (κ1) is 28.4. The molecule has 1 aliphatic rings. The number of alkyl carbamates (subject to hydrolysis) is 1. The molecule has 1 fully saturated rings. The Labute approximate surface area is 230 Å². The molecule has 0 saturated carbocycles. The lowest BCUT2D eigenvalue weighted by atomic mass is 9.95. The molecule has 1 atom stereocenters. The van der Waals surface area contributed by atoms with Crippen LogP contribution in [-0.4, -0.2) is 66.0 Å². The number of amides is 1. The van der Waals surface area contributed by atoms with E-state index in [4.69, 9.17) is 14.2 Å². The smallest absolute Gasteiger partial charge is 0.435 e. The monoisotopic (exact) mass is 536 g/mol. The van der Waals surface area contributed by atoms with Crippen molar-refractivity contribution in [2.24, 2.45) is 0 Å².